The van der Waals surface area contributed by atoms with Crippen LogP contribution in [0.3, 0.4) is 0 Å². The highest BCUT2D eigenvalue weighted by Crippen LogP contribution is 2.19. The van der Waals surface area contributed by atoms with Crippen molar-refractivity contribution < 1.29 is 4.79 Å². The van der Waals surface area contributed by atoms with E-state index in [1.807, 2.05) is 32.0 Å². The van der Waals surface area contributed by atoms with E-state index in [9.17, 15) is 4.79 Å². The van der Waals surface area contributed by atoms with Crippen LogP contribution >= 0.6 is 0 Å². The molecule has 2 aromatic rings. The number of nitrogens with zero attached hydrogens (tertiary/aromatic N) is 3. The summed E-state index contributed by atoms with van der Waals surface area (Å²) in [6.45, 7) is 6.01. The first-order valence-corrected chi connectivity index (χ1v) is 8.35. The van der Waals surface area contributed by atoms with Gasteiger partial charge in [-0.05, 0) is 50.3 Å². The van der Waals surface area contributed by atoms with E-state index in [0.29, 0.717) is 5.69 Å². The molecule has 6 heteroatoms. The van der Waals surface area contributed by atoms with E-state index in [4.69, 9.17) is 0 Å². The second-order valence-electron chi connectivity index (χ2n) is 6.15. The summed E-state index contributed by atoms with van der Waals surface area (Å²) in [5.41, 5.74) is 3.59. The Kier molecular flexibility index (Phi) is 4.93. The molecule has 1 aromatic carbocycles. The Hall–Kier alpha value is -2.63. The van der Waals surface area contributed by atoms with Gasteiger partial charge < -0.3 is 15.5 Å². The minimum atomic E-state index is -0.293. The van der Waals surface area contributed by atoms with Crippen LogP contribution in [0.2, 0.25) is 0 Å². The van der Waals surface area contributed by atoms with Crippen molar-refractivity contribution in [3.63, 3.8) is 0 Å². The highest BCUT2D eigenvalue weighted by Gasteiger charge is 2.13. The zero-order valence-corrected chi connectivity index (χ0v) is 14.2. The van der Waals surface area contributed by atoms with Crippen LogP contribution in [0.25, 0.3) is 0 Å². The number of benzene rings is 1. The number of aryl methyl sites for hydroxylation is 1. The van der Waals surface area contributed by atoms with Crippen LogP contribution < -0.4 is 15.5 Å². The zero-order valence-electron chi connectivity index (χ0n) is 14.2. The molecule has 1 aromatic heterocycles. The molecule has 0 bridgehead atoms. The van der Waals surface area contributed by atoms with Gasteiger partial charge in [-0.15, -0.1) is 0 Å². The summed E-state index contributed by atoms with van der Waals surface area (Å²) < 4.78 is 0. The van der Waals surface area contributed by atoms with Crippen molar-refractivity contribution in [2.45, 2.75) is 33.1 Å². The predicted octanol–water partition coefficient (Wildman–Crippen LogP) is 3.73. The van der Waals surface area contributed by atoms with E-state index in [1.54, 1.807) is 12.4 Å². The molecule has 0 spiro atoms. The molecule has 1 fully saturated rings. The summed E-state index contributed by atoms with van der Waals surface area (Å²) in [4.78, 5) is 23.1. The van der Waals surface area contributed by atoms with E-state index in [1.165, 1.54) is 19.3 Å². The smallest absolute Gasteiger partial charge is 0.323 e. The lowest BCUT2D eigenvalue weighted by atomic mass is 10.1. The fraction of sp³-hybridized carbons (Fsp3) is 0.389. The molecular formula is C18H23N5O. The van der Waals surface area contributed by atoms with Crippen molar-refractivity contribution in [2.24, 2.45) is 0 Å². The highest BCUT2D eigenvalue weighted by molar-refractivity contribution is 6.00. The second-order valence-corrected chi connectivity index (χ2v) is 6.15. The Morgan fingerprint density at radius 2 is 1.75 bits per heavy atom. The van der Waals surface area contributed by atoms with Crippen LogP contribution in [-0.4, -0.2) is 29.1 Å². The molecule has 2 N–H and O–H groups in total. The van der Waals surface area contributed by atoms with Crippen LogP contribution in [0.5, 0.6) is 0 Å². The van der Waals surface area contributed by atoms with Gasteiger partial charge in [0.15, 0.2) is 0 Å². The van der Waals surface area contributed by atoms with Gasteiger partial charge in [-0.3, -0.25) is 0 Å². The van der Waals surface area contributed by atoms with E-state index in [-0.39, 0.29) is 6.03 Å². The first kappa shape index (κ1) is 16.2. The summed E-state index contributed by atoms with van der Waals surface area (Å²) in [6.07, 6.45) is 6.94. The van der Waals surface area contributed by atoms with E-state index in [0.717, 1.165) is 35.9 Å². The predicted molar refractivity (Wildman–Crippen MR) is 96.7 cm³/mol. The number of urea groups is 1. The maximum atomic E-state index is 12.1. The van der Waals surface area contributed by atoms with E-state index >= 15 is 0 Å². The van der Waals surface area contributed by atoms with Gasteiger partial charge in [0.25, 0.3) is 0 Å². The minimum Gasteiger partial charge on any atom is -0.341 e. The molecule has 6 nitrogen and oxygen atoms in total. The van der Waals surface area contributed by atoms with Gasteiger partial charge in [-0.25, -0.2) is 14.8 Å². The molecule has 1 aliphatic heterocycles. The van der Waals surface area contributed by atoms with Crippen LogP contribution in [-0.2, 0) is 0 Å². The molecule has 0 radical (unpaired) electrons. The lowest BCUT2D eigenvalue weighted by Crippen LogP contribution is -2.31. The van der Waals surface area contributed by atoms with Gasteiger partial charge in [0.05, 0.1) is 18.1 Å². The van der Waals surface area contributed by atoms with Crippen LogP contribution in [0, 0.1) is 13.8 Å². The Balaban J connectivity index is 1.61. The molecule has 1 saturated heterocycles. The maximum absolute atomic E-state index is 12.1. The van der Waals surface area contributed by atoms with Crippen molar-refractivity contribution in [1.29, 1.82) is 0 Å². The molecule has 1 aliphatic rings. The molecular weight excluding hydrogens is 302 g/mol. The first-order chi connectivity index (χ1) is 11.6. The fourth-order valence-corrected chi connectivity index (χ4v) is 2.81. The lowest BCUT2D eigenvalue weighted by Gasteiger charge is -2.26. The average Bonchev–Trinajstić information content (AvgIpc) is 2.60. The minimum absolute atomic E-state index is 0.293. The Morgan fingerprint density at radius 1 is 1.04 bits per heavy atom. The number of carbonyl (C=O) groups is 1. The van der Waals surface area contributed by atoms with E-state index < -0.39 is 0 Å². The van der Waals surface area contributed by atoms with Gasteiger partial charge in [-0.2, -0.15) is 0 Å². The normalized spacial score (nSPS) is 14.3. The molecule has 24 heavy (non-hydrogen) atoms. The monoisotopic (exact) mass is 325 g/mol. The molecule has 0 saturated carbocycles. The lowest BCUT2D eigenvalue weighted by molar-refractivity contribution is 0.262. The summed E-state index contributed by atoms with van der Waals surface area (Å²) in [6, 6.07) is 5.54. The van der Waals surface area contributed by atoms with Gasteiger partial charge in [-0.1, -0.05) is 12.1 Å². The number of hydrogen-bond acceptors (Lipinski definition) is 4. The number of hydrogen-bond donors (Lipinski definition) is 2. The average molecular weight is 325 g/mol. The SMILES string of the molecule is Cc1cccc(NC(=O)Nc2cnc(N3CCCCC3)nc2)c1C. The molecule has 3 rings (SSSR count). The number of rotatable bonds is 3. The van der Waals surface area contributed by atoms with Gasteiger partial charge in [0, 0.05) is 18.8 Å². The van der Waals surface area contributed by atoms with Gasteiger partial charge in [0.2, 0.25) is 5.95 Å². The van der Waals surface area contributed by atoms with Crippen molar-refractivity contribution in [2.75, 3.05) is 28.6 Å². The van der Waals surface area contributed by atoms with Crippen molar-refractivity contribution in [3.05, 3.63) is 41.7 Å². The maximum Gasteiger partial charge on any atom is 0.323 e. The number of anilines is 3. The largest absolute Gasteiger partial charge is 0.341 e. The number of amides is 2. The zero-order chi connectivity index (χ0) is 16.9. The van der Waals surface area contributed by atoms with Crippen LogP contribution in [0.4, 0.5) is 22.1 Å². The molecule has 0 aliphatic carbocycles. The first-order valence-electron chi connectivity index (χ1n) is 8.35. The standard InChI is InChI=1S/C18H23N5O/c1-13-7-6-8-16(14(13)2)22-18(24)21-15-11-19-17(20-12-15)23-9-4-3-5-10-23/h6-8,11-12H,3-5,9-10H2,1-2H3,(H2,21,22,24). The fourth-order valence-electron chi connectivity index (χ4n) is 2.81. The van der Waals surface area contributed by atoms with Gasteiger partial charge >= 0.3 is 6.03 Å². The summed E-state index contributed by atoms with van der Waals surface area (Å²) in [5, 5.41) is 5.64. The van der Waals surface area contributed by atoms with Crippen LogP contribution in [0.1, 0.15) is 30.4 Å². The third-order valence-electron chi connectivity index (χ3n) is 4.39. The van der Waals surface area contributed by atoms with E-state index in [2.05, 4.69) is 25.5 Å². The molecule has 2 heterocycles. The van der Waals surface area contributed by atoms with Gasteiger partial charge in [0.1, 0.15) is 0 Å². The number of piperidine rings is 1. The molecule has 0 atom stereocenters. The number of carbonyl (C=O) groups excluding carboxylic acids is 1. The topological polar surface area (TPSA) is 70.2 Å². The third-order valence-corrected chi connectivity index (χ3v) is 4.39. The van der Waals surface area contributed by atoms with Crippen LogP contribution in [0.15, 0.2) is 30.6 Å². The molecule has 126 valence electrons. The Bertz CT molecular complexity index is 708. The second kappa shape index (κ2) is 7.29. The third kappa shape index (κ3) is 3.82. The summed E-state index contributed by atoms with van der Waals surface area (Å²) in [7, 11) is 0. The van der Waals surface area contributed by atoms with Crippen molar-refractivity contribution in [1.82, 2.24) is 9.97 Å². The highest BCUT2D eigenvalue weighted by atomic mass is 16.2. The molecule has 2 amide bonds. The number of aromatic nitrogens is 2. The quantitative estimate of drug-likeness (QED) is 0.902. The van der Waals surface area contributed by atoms with Crippen molar-refractivity contribution in [3.8, 4) is 0 Å². The van der Waals surface area contributed by atoms with Crippen molar-refractivity contribution >= 4 is 23.4 Å². The Labute approximate surface area is 142 Å². The molecule has 0 unspecified atom stereocenters. The Morgan fingerprint density at radius 3 is 2.46 bits per heavy atom. The summed E-state index contributed by atoms with van der Waals surface area (Å²) >= 11 is 0. The summed E-state index contributed by atoms with van der Waals surface area (Å²) in [5.74, 6) is 0.732. The number of nitrogens with one attached hydrogen (secondary N) is 2.